The monoisotopic (exact) mass is 530 g/mol. The number of halogens is 2. The van der Waals surface area contributed by atoms with Crippen molar-refractivity contribution in [3.05, 3.63) is 117 Å². The minimum absolute atomic E-state index is 0.134. The van der Waals surface area contributed by atoms with E-state index in [0.29, 0.717) is 32.2 Å². The number of benzene rings is 3. The fourth-order valence-electron chi connectivity index (χ4n) is 3.73. The molecule has 1 N–H and O–H groups in total. The number of ether oxygens (including phenoxy) is 1. The first kappa shape index (κ1) is 24.2. The fourth-order valence-corrected chi connectivity index (χ4v) is 4.02. The van der Waals surface area contributed by atoms with Crippen LogP contribution in [0.25, 0.3) is 22.2 Å². The molecule has 2 aromatic heterocycles. The number of amides is 1. The number of carbonyl (C=O) groups is 1. The van der Waals surface area contributed by atoms with Gasteiger partial charge in [0, 0.05) is 40.4 Å². The standard InChI is InChI=1S/C27H16Cl2N4O4/c28-17-7-5-16(6-8-17)26-13-24(23-3-1-2-4-25(23)32-26)27(34)31-19-10-20(33(35)36)12-21(11-19)37-22-9-18(29)14-30-15-22/h1-15H,(H,31,34). The van der Waals surface area contributed by atoms with Gasteiger partial charge in [-0.3, -0.25) is 19.9 Å². The van der Waals surface area contributed by atoms with Gasteiger partial charge in [-0.1, -0.05) is 53.5 Å². The highest BCUT2D eigenvalue weighted by atomic mass is 35.5. The Hall–Kier alpha value is -4.53. The van der Waals surface area contributed by atoms with Crippen LogP contribution in [0.3, 0.4) is 0 Å². The number of rotatable bonds is 6. The van der Waals surface area contributed by atoms with E-state index in [1.807, 2.05) is 24.3 Å². The number of aromatic nitrogens is 2. The molecule has 8 nitrogen and oxygen atoms in total. The van der Waals surface area contributed by atoms with Gasteiger partial charge >= 0.3 is 0 Å². The third-order valence-corrected chi connectivity index (χ3v) is 5.83. The third-order valence-electron chi connectivity index (χ3n) is 5.38. The molecule has 5 aromatic rings. The van der Waals surface area contributed by atoms with Crippen molar-refractivity contribution in [3.63, 3.8) is 0 Å². The van der Waals surface area contributed by atoms with E-state index in [4.69, 9.17) is 27.9 Å². The van der Waals surface area contributed by atoms with Crippen molar-refractivity contribution >= 4 is 51.4 Å². The smallest absolute Gasteiger partial charge is 0.275 e. The van der Waals surface area contributed by atoms with E-state index in [2.05, 4.69) is 15.3 Å². The maximum absolute atomic E-state index is 13.5. The summed E-state index contributed by atoms with van der Waals surface area (Å²) in [5, 5.41) is 15.9. The van der Waals surface area contributed by atoms with Crippen molar-refractivity contribution < 1.29 is 14.5 Å². The predicted molar refractivity (Wildman–Crippen MR) is 143 cm³/mol. The Morgan fingerprint density at radius 3 is 2.43 bits per heavy atom. The lowest BCUT2D eigenvalue weighted by Crippen LogP contribution is -2.13. The molecule has 0 spiro atoms. The van der Waals surface area contributed by atoms with Crippen LogP contribution >= 0.6 is 23.2 Å². The number of anilines is 1. The molecule has 0 fully saturated rings. The molecule has 0 saturated carbocycles. The highest BCUT2D eigenvalue weighted by molar-refractivity contribution is 6.30. The number of non-ortho nitro benzene ring substituents is 1. The van der Waals surface area contributed by atoms with Gasteiger partial charge in [-0.2, -0.15) is 0 Å². The first-order valence-corrected chi connectivity index (χ1v) is 11.7. The van der Waals surface area contributed by atoms with Crippen molar-refractivity contribution in [2.45, 2.75) is 0 Å². The lowest BCUT2D eigenvalue weighted by Gasteiger charge is -2.12. The van der Waals surface area contributed by atoms with Crippen molar-refractivity contribution in [2.75, 3.05) is 5.32 Å². The number of nitro groups is 1. The Morgan fingerprint density at radius 2 is 1.68 bits per heavy atom. The first-order valence-electron chi connectivity index (χ1n) is 10.9. The summed E-state index contributed by atoms with van der Waals surface area (Å²) in [7, 11) is 0. The lowest BCUT2D eigenvalue weighted by atomic mass is 10.0. The topological polar surface area (TPSA) is 107 Å². The molecule has 0 saturated heterocycles. The van der Waals surface area contributed by atoms with Crippen molar-refractivity contribution in [3.8, 4) is 22.8 Å². The van der Waals surface area contributed by atoms with Crippen molar-refractivity contribution in [1.29, 1.82) is 0 Å². The Kier molecular flexibility index (Phi) is 6.68. The molecule has 0 aliphatic carbocycles. The molecule has 0 aliphatic heterocycles. The molecule has 2 heterocycles. The number of hydrogen-bond donors (Lipinski definition) is 1. The molecule has 182 valence electrons. The fraction of sp³-hybridized carbons (Fsp3) is 0. The zero-order valence-electron chi connectivity index (χ0n) is 18.9. The number of nitro benzene ring substituents is 1. The van der Waals surface area contributed by atoms with E-state index in [0.717, 1.165) is 5.56 Å². The Balaban J connectivity index is 1.52. The van der Waals surface area contributed by atoms with Gasteiger partial charge in [-0.15, -0.1) is 0 Å². The second-order valence-corrected chi connectivity index (χ2v) is 8.82. The van der Waals surface area contributed by atoms with E-state index in [9.17, 15) is 14.9 Å². The van der Waals surface area contributed by atoms with E-state index in [-0.39, 0.29) is 22.9 Å². The molecular weight excluding hydrogens is 515 g/mol. The molecule has 3 aromatic carbocycles. The first-order chi connectivity index (χ1) is 17.9. The molecule has 5 rings (SSSR count). The summed E-state index contributed by atoms with van der Waals surface area (Å²) in [5.41, 5.74) is 2.25. The number of nitrogens with one attached hydrogen (secondary N) is 1. The Labute approximate surface area is 220 Å². The molecule has 1 amide bonds. The number of carbonyl (C=O) groups excluding carboxylic acids is 1. The molecule has 0 aliphatic rings. The van der Waals surface area contributed by atoms with Gasteiger partial charge in [0.25, 0.3) is 11.6 Å². The van der Waals surface area contributed by atoms with Gasteiger partial charge in [0.05, 0.1) is 44.7 Å². The van der Waals surface area contributed by atoms with Crippen LogP contribution in [0.1, 0.15) is 10.4 Å². The second kappa shape index (κ2) is 10.2. The average molecular weight is 531 g/mol. The van der Waals surface area contributed by atoms with Crippen molar-refractivity contribution in [1.82, 2.24) is 9.97 Å². The van der Waals surface area contributed by atoms with Crippen LogP contribution in [0.4, 0.5) is 11.4 Å². The summed E-state index contributed by atoms with van der Waals surface area (Å²) in [6.07, 6.45) is 2.86. The van der Waals surface area contributed by atoms with E-state index in [1.54, 1.807) is 30.3 Å². The molecule has 0 atom stereocenters. The predicted octanol–water partition coefficient (Wildman–Crippen LogP) is 7.56. The summed E-state index contributed by atoms with van der Waals surface area (Å²) < 4.78 is 5.71. The molecular formula is C27H16Cl2N4O4. The summed E-state index contributed by atoms with van der Waals surface area (Å²) >= 11 is 12.0. The molecule has 37 heavy (non-hydrogen) atoms. The highest BCUT2D eigenvalue weighted by Gasteiger charge is 2.17. The molecule has 0 unspecified atom stereocenters. The summed E-state index contributed by atoms with van der Waals surface area (Å²) in [6, 6.07) is 21.5. The number of pyridine rings is 2. The van der Waals surface area contributed by atoms with Crippen LogP contribution < -0.4 is 10.1 Å². The van der Waals surface area contributed by atoms with Gasteiger partial charge in [-0.05, 0) is 24.3 Å². The Morgan fingerprint density at radius 1 is 0.892 bits per heavy atom. The maximum atomic E-state index is 13.5. The van der Waals surface area contributed by atoms with Crippen LogP contribution in [-0.2, 0) is 0 Å². The highest BCUT2D eigenvalue weighted by Crippen LogP contribution is 2.32. The zero-order valence-corrected chi connectivity index (χ0v) is 20.4. The normalized spacial score (nSPS) is 10.8. The van der Waals surface area contributed by atoms with Gasteiger partial charge < -0.3 is 10.1 Å². The van der Waals surface area contributed by atoms with Crippen LogP contribution in [0.5, 0.6) is 11.5 Å². The van der Waals surface area contributed by atoms with Gasteiger partial charge in [-0.25, -0.2) is 4.98 Å². The van der Waals surface area contributed by atoms with Gasteiger partial charge in [0.2, 0.25) is 0 Å². The van der Waals surface area contributed by atoms with E-state index < -0.39 is 10.8 Å². The third kappa shape index (κ3) is 5.50. The van der Waals surface area contributed by atoms with Crippen LogP contribution in [-0.4, -0.2) is 20.8 Å². The van der Waals surface area contributed by atoms with Crippen LogP contribution in [0, 0.1) is 10.1 Å². The zero-order chi connectivity index (χ0) is 25.9. The molecule has 0 radical (unpaired) electrons. The number of fused-ring (bicyclic) bond motifs is 1. The summed E-state index contributed by atoms with van der Waals surface area (Å²) in [6.45, 7) is 0. The van der Waals surface area contributed by atoms with Gasteiger partial charge in [0.15, 0.2) is 0 Å². The van der Waals surface area contributed by atoms with Gasteiger partial charge in [0.1, 0.15) is 11.5 Å². The number of hydrogen-bond acceptors (Lipinski definition) is 6. The van der Waals surface area contributed by atoms with E-state index >= 15 is 0 Å². The summed E-state index contributed by atoms with van der Waals surface area (Å²) in [4.78, 5) is 33.1. The number of nitrogens with zero attached hydrogens (tertiary/aromatic N) is 3. The second-order valence-electron chi connectivity index (χ2n) is 7.95. The maximum Gasteiger partial charge on any atom is 0.275 e. The number of para-hydroxylation sites is 1. The molecule has 10 heteroatoms. The van der Waals surface area contributed by atoms with Crippen molar-refractivity contribution in [2.24, 2.45) is 0 Å². The van der Waals surface area contributed by atoms with Crippen LogP contribution in [0.2, 0.25) is 10.0 Å². The Bertz CT molecular complexity index is 1660. The van der Waals surface area contributed by atoms with E-state index in [1.165, 1.54) is 36.7 Å². The quantitative estimate of drug-likeness (QED) is 0.179. The van der Waals surface area contributed by atoms with Crippen LogP contribution in [0.15, 0.2) is 91.3 Å². The molecule has 0 bridgehead atoms. The SMILES string of the molecule is O=C(Nc1cc(Oc2cncc(Cl)c2)cc([N+](=O)[O-])c1)c1cc(-c2ccc(Cl)cc2)nc2ccccc12. The minimum Gasteiger partial charge on any atom is -0.455 e. The lowest BCUT2D eigenvalue weighted by molar-refractivity contribution is -0.384. The largest absolute Gasteiger partial charge is 0.455 e. The average Bonchev–Trinajstić information content (AvgIpc) is 2.88. The minimum atomic E-state index is -0.570. The summed E-state index contributed by atoms with van der Waals surface area (Å²) in [5.74, 6) is -0.0438.